The fraction of sp³-hybridized carbons (Fsp3) is 0.250. The number of rotatable bonds is 3. The molecule has 2 aromatic rings. The molecule has 0 spiro atoms. The number of hydrogen-bond acceptors (Lipinski definition) is 2. The van der Waals surface area contributed by atoms with Gasteiger partial charge in [0.1, 0.15) is 17.5 Å². The second-order valence-corrected chi connectivity index (χ2v) is 3.88. The Balaban J connectivity index is 2.20. The molecule has 90 valence electrons. The minimum absolute atomic E-state index is 0.213. The van der Waals surface area contributed by atoms with E-state index in [2.05, 4.69) is 4.98 Å². The van der Waals surface area contributed by atoms with Gasteiger partial charge in [0.2, 0.25) is 0 Å². The lowest BCUT2D eigenvalue weighted by atomic mass is 10.1. The molecule has 1 atom stereocenters. The minimum Gasteiger partial charge on any atom is -0.388 e. The maximum atomic E-state index is 13.0. The van der Waals surface area contributed by atoms with Gasteiger partial charge in [0.15, 0.2) is 0 Å². The van der Waals surface area contributed by atoms with E-state index in [4.69, 9.17) is 0 Å². The SMILES string of the molecule is Cn1ccnc1CC(O)c1cc(F)cc(F)c1. The molecule has 0 aliphatic carbocycles. The highest BCUT2D eigenvalue weighted by Gasteiger charge is 2.13. The first-order valence-electron chi connectivity index (χ1n) is 5.16. The molecule has 3 nitrogen and oxygen atoms in total. The van der Waals surface area contributed by atoms with E-state index in [1.807, 2.05) is 0 Å². The molecule has 0 fully saturated rings. The van der Waals surface area contributed by atoms with Gasteiger partial charge in [0.05, 0.1) is 6.10 Å². The van der Waals surface area contributed by atoms with Gasteiger partial charge < -0.3 is 9.67 Å². The van der Waals surface area contributed by atoms with Crippen LogP contribution in [0.15, 0.2) is 30.6 Å². The summed E-state index contributed by atoms with van der Waals surface area (Å²) in [7, 11) is 1.79. The Morgan fingerprint density at radius 2 is 1.94 bits per heavy atom. The lowest BCUT2D eigenvalue weighted by Gasteiger charge is -2.11. The normalized spacial score (nSPS) is 12.7. The van der Waals surface area contributed by atoms with Crippen LogP contribution in [0.25, 0.3) is 0 Å². The van der Waals surface area contributed by atoms with Crippen LogP contribution in [0.4, 0.5) is 8.78 Å². The van der Waals surface area contributed by atoms with Crippen molar-refractivity contribution in [3.05, 3.63) is 53.6 Å². The average Bonchev–Trinajstić information content (AvgIpc) is 2.63. The third kappa shape index (κ3) is 2.68. The van der Waals surface area contributed by atoms with Crippen LogP contribution in [-0.2, 0) is 13.5 Å². The molecule has 0 aliphatic heterocycles. The van der Waals surface area contributed by atoms with E-state index in [-0.39, 0.29) is 12.0 Å². The second-order valence-electron chi connectivity index (χ2n) is 3.88. The van der Waals surface area contributed by atoms with Crippen LogP contribution in [-0.4, -0.2) is 14.7 Å². The zero-order valence-electron chi connectivity index (χ0n) is 9.27. The van der Waals surface area contributed by atoms with Crippen LogP contribution in [0.2, 0.25) is 0 Å². The molecule has 0 saturated heterocycles. The average molecular weight is 238 g/mol. The monoisotopic (exact) mass is 238 g/mol. The van der Waals surface area contributed by atoms with Crippen molar-refractivity contribution < 1.29 is 13.9 Å². The summed E-state index contributed by atoms with van der Waals surface area (Å²) in [5.41, 5.74) is 0.213. The number of aryl methyl sites for hydroxylation is 1. The van der Waals surface area contributed by atoms with Gasteiger partial charge in [-0.2, -0.15) is 0 Å². The molecule has 5 heteroatoms. The highest BCUT2D eigenvalue weighted by molar-refractivity contribution is 5.21. The fourth-order valence-electron chi connectivity index (χ4n) is 1.65. The van der Waals surface area contributed by atoms with Gasteiger partial charge in [-0.1, -0.05) is 0 Å². The molecule has 0 bridgehead atoms. The number of imidazole rings is 1. The summed E-state index contributed by atoms with van der Waals surface area (Å²) in [5.74, 6) is -0.736. The number of aliphatic hydroxyl groups is 1. The first-order valence-corrected chi connectivity index (χ1v) is 5.16. The molecule has 0 saturated carbocycles. The first-order chi connectivity index (χ1) is 8.06. The van der Waals surface area contributed by atoms with Gasteiger partial charge in [-0.3, -0.25) is 0 Å². The Morgan fingerprint density at radius 3 is 2.47 bits per heavy atom. The molecular weight excluding hydrogens is 226 g/mol. The zero-order chi connectivity index (χ0) is 12.4. The highest BCUT2D eigenvalue weighted by Crippen LogP contribution is 2.19. The summed E-state index contributed by atoms with van der Waals surface area (Å²) in [6, 6.07) is 3.02. The van der Waals surface area contributed by atoms with E-state index in [0.29, 0.717) is 5.82 Å². The zero-order valence-corrected chi connectivity index (χ0v) is 9.27. The number of aliphatic hydroxyl groups excluding tert-OH is 1. The molecule has 0 radical (unpaired) electrons. The number of hydrogen-bond donors (Lipinski definition) is 1. The Labute approximate surface area is 97.3 Å². The van der Waals surface area contributed by atoms with E-state index in [1.54, 1.807) is 24.0 Å². The van der Waals surface area contributed by atoms with Crippen molar-refractivity contribution >= 4 is 0 Å². The molecule has 1 heterocycles. The number of benzene rings is 1. The van der Waals surface area contributed by atoms with Crippen LogP contribution in [0.1, 0.15) is 17.5 Å². The summed E-state index contributed by atoms with van der Waals surface area (Å²) in [5, 5.41) is 9.88. The lowest BCUT2D eigenvalue weighted by molar-refractivity contribution is 0.174. The molecule has 17 heavy (non-hydrogen) atoms. The largest absolute Gasteiger partial charge is 0.388 e. The molecule has 1 N–H and O–H groups in total. The van der Waals surface area contributed by atoms with Crippen molar-refractivity contribution in [3.8, 4) is 0 Å². The molecule has 1 unspecified atom stereocenters. The predicted octanol–water partition coefficient (Wildman–Crippen LogP) is 1.97. The summed E-state index contributed by atoms with van der Waals surface area (Å²) in [6.45, 7) is 0. The molecule has 1 aromatic carbocycles. The number of halogens is 2. The standard InChI is InChI=1S/C12H12F2N2O/c1-16-3-2-15-12(16)7-11(17)8-4-9(13)6-10(14)5-8/h2-6,11,17H,7H2,1H3. The van der Waals surface area contributed by atoms with Crippen LogP contribution >= 0.6 is 0 Å². The summed E-state index contributed by atoms with van der Waals surface area (Å²) in [4.78, 5) is 4.04. The second kappa shape index (κ2) is 4.63. The Hall–Kier alpha value is -1.75. The first kappa shape index (κ1) is 11.7. The third-order valence-electron chi connectivity index (χ3n) is 2.57. The van der Waals surface area contributed by atoms with Crippen molar-refractivity contribution in [2.24, 2.45) is 7.05 Å². The summed E-state index contributed by atoms with van der Waals surface area (Å²) >= 11 is 0. The van der Waals surface area contributed by atoms with E-state index < -0.39 is 17.7 Å². The maximum Gasteiger partial charge on any atom is 0.126 e. The smallest absolute Gasteiger partial charge is 0.126 e. The fourth-order valence-corrected chi connectivity index (χ4v) is 1.65. The van der Waals surface area contributed by atoms with Crippen molar-refractivity contribution in [1.82, 2.24) is 9.55 Å². The Morgan fingerprint density at radius 1 is 1.29 bits per heavy atom. The van der Waals surface area contributed by atoms with Gasteiger partial charge in [-0.05, 0) is 17.7 Å². The van der Waals surface area contributed by atoms with Crippen molar-refractivity contribution in [2.75, 3.05) is 0 Å². The quantitative estimate of drug-likeness (QED) is 0.887. The highest BCUT2D eigenvalue weighted by atomic mass is 19.1. The third-order valence-corrected chi connectivity index (χ3v) is 2.57. The van der Waals surface area contributed by atoms with E-state index in [1.165, 1.54) is 0 Å². The predicted molar refractivity (Wildman–Crippen MR) is 58.2 cm³/mol. The molecular formula is C12H12F2N2O. The van der Waals surface area contributed by atoms with E-state index >= 15 is 0 Å². The molecule has 0 aliphatic rings. The van der Waals surface area contributed by atoms with Crippen molar-refractivity contribution in [3.63, 3.8) is 0 Å². The number of aromatic nitrogens is 2. The molecule has 0 amide bonds. The van der Waals surface area contributed by atoms with Gasteiger partial charge >= 0.3 is 0 Å². The van der Waals surface area contributed by atoms with Gasteiger partial charge in [0, 0.05) is 31.9 Å². The summed E-state index contributed by atoms with van der Waals surface area (Å²) in [6.07, 6.45) is 2.59. The van der Waals surface area contributed by atoms with E-state index in [9.17, 15) is 13.9 Å². The van der Waals surface area contributed by atoms with Crippen molar-refractivity contribution in [1.29, 1.82) is 0 Å². The van der Waals surface area contributed by atoms with E-state index in [0.717, 1.165) is 18.2 Å². The summed E-state index contributed by atoms with van der Waals surface area (Å²) < 4.78 is 27.7. The van der Waals surface area contributed by atoms with Crippen molar-refractivity contribution in [2.45, 2.75) is 12.5 Å². The minimum atomic E-state index is -0.971. The van der Waals surface area contributed by atoms with Crippen LogP contribution in [0, 0.1) is 11.6 Å². The van der Waals surface area contributed by atoms with Crippen LogP contribution < -0.4 is 0 Å². The van der Waals surface area contributed by atoms with Crippen LogP contribution in [0.3, 0.4) is 0 Å². The number of nitrogens with zero attached hydrogens (tertiary/aromatic N) is 2. The Bertz CT molecular complexity index is 505. The molecule has 2 rings (SSSR count). The molecule has 1 aromatic heterocycles. The topological polar surface area (TPSA) is 38.0 Å². The lowest BCUT2D eigenvalue weighted by Crippen LogP contribution is -2.07. The maximum absolute atomic E-state index is 13.0. The van der Waals surface area contributed by atoms with Gasteiger partial charge in [0.25, 0.3) is 0 Å². The Kier molecular flexibility index (Phi) is 3.19. The van der Waals surface area contributed by atoms with Gasteiger partial charge in [-0.15, -0.1) is 0 Å². The van der Waals surface area contributed by atoms with Gasteiger partial charge in [-0.25, -0.2) is 13.8 Å². The van der Waals surface area contributed by atoms with Crippen LogP contribution in [0.5, 0.6) is 0 Å².